The van der Waals surface area contributed by atoms with E-state index in [4.69, 9.17) is 0 Å². The van der Waals surface area contributed by atoms with E-state index >= 15 is 0 Å². The van der Waals surface area contributed by atoms with Gasteiger partial charge in [-0.05, 0) is 23.5 Å². The van der Waals surface area contributed by atoms with Gasteiger partial charge < -0.3 is 5.32 Å². The van der Waals surface area contributed by atoms with E-state index < -0.39 is 0 Å². The van der Waals surface area contributed by atoms with Crippen LogP contribution in [0.1, 0.15) is 33.3 Å². The van der Waals surface area contributed by atoms with Crippen LogP contribution in [0.2, 0.25) is 0 Å². The summed E-state index contributed by atoms with van der Waals surface area (Å²) >= 11 is 0. The summed E-state index contributed by atoms with van der Waals surface area (Å²) in [6.07, 6.45) is 0. The molecule has 0 heterocycles. The van der Waals surface area contributed by atoms with Crippen molar-refractivity contribution in [3.63, 3.8) is 0 Å². The Labute approximate surface area is 99.6 Å². The normalized spacial score (nSPS) is 13.5. The number of benzene rings is 1. The third-order valence-electron chi connectivity index (χ3n) is 3.10. The van der Waals surface area contributed by atoms with Gasteiger partial charge in [0, 0.05) is 12.6 Å². The molecule has 1 rings (SSSR count). The van der Waals surface area contributed by atoms with Gasteiger partial charge in [0.15, 0.2) is 0 Å². The van der Waals surface area contributed by atoms with Gasteiger partial charge in [-0.1, -0.05) is 57.7 Å². The second kappa shape index (κ2) is 5.31. The van der Waals surface area contributed by atoms with Crippen molar-refractivity contribution in [1.29, 1.82) is 0 Å². The molecule has 1 nitrogen and oxygen atoms in total. The highest BCUT2D eigenvalue weighted by Gasteiger charge is 2.19. The van der Waals surface area contributed by atoms with Gasteiger partial charge in [-0.25, -0.2) is 0 Å². The average molecular weight is 217 g/mol. The summed E-state index contributed by atoms with van der Waals surface area (Å²) in [5, 5.41) is 3.52. The van der Waals surface area contributed by atoms with E-state index in [0.29, 0.717) is 6.04 Å². The molecule has 16 heavy (non-hydrogen) atoms. The third-order valence-corrected chi connectivity index (χ3v) is 3.10. The van der Waals surface area contributed by atoms with Crippen LogP contribution in [0.4, 0.5) is 0 Å². The predicted octanol–water partition coefficient (Wildman–Crippen LogP) is 3.72. The molecule has 1 aromatic rings. The van der Waals surface area contributed by atoms with Crippen molar-refractivity contribution in [3.05, 3.63) is 42.5 Å². The Morgan fingerprint density at radius 1 is 1.25 bits per heavy atom. The topological polar surface area (TPSA) is 12.0 Å². The Morgan fingerprint density at radius 2 is 1.81 bits per heavy atom. The minimum absolute atomic E-state index is 0.289. The molecule has 0 fully saturated rings. The maximum atomic E-state index is 4.12. The first-order valence-electron chi connectivity index (χ1n) is 5.88. The third kappa shape index (κ3) is 3.82. The smallest absolute Gasteiger partial charge is 0.0208 e. The van der Waals surface area contributed by atoms with Crippen molar-refractivity contribution in [2.45, 2.75) is 33.7 Å². The molecular weight excluding hydrogens is 194 g/mol. The van der Waals surface area contributed by atoms with Crippen molar-refractivity contribution in [2.24, 2.45) is 5.41 Å². The van der Waals surface area contributed by atoms with E-state index in [2.05, 4.69) is 51.7 Å². The van der Waals surface area contributed by atoms with E-state index in [0.717, 1.165) is 12.1 Å². The standard InChI is InChI=1S/C15H23N/c1-12(14-9-7-6-8-10-14)11-16-13(2)15(3,4)5/h6-10,13,16H,1,11H2,2-5H3. The van der Waals surface area contributed by atoms with Crippen LogP contribution in [-0.4, -0.2) is 12.6 Å². The van der Waals surface area contributed by atoms with Crippen LogP contribution >= 0.6 is 0 Å². The molecule has 1 atom stereocenters. The van der Waals surface area contributed by atoms with E-state index in [-0.39, 0.29) is 5.41 Å². The summed E-state index contributed by atoms with van der Waals surface area (Å²) in [7, 11) is 0. The molecule has 0 saturated carbocycles. The van der Waals surface area contributed by atoms with Gasteiger partial charge in [0.25, 0.3) is 0 Å². The Morgan fingerprint density at radius 3 is 2.31 bits per heavy atom. The molecule has 0 aromatic heterocycles. The zero-order valence-corrected chi connectivity index (χ0v) is 10.9. The van der Waals surface area contributed by atoms with Crippen molar-refractivity contribution in [1.82, 2.24) is 5.32 Å². The minimum atomic E-state index is 0.289. The summed E-state index contributed by atoms with van der Waals surface area (Å²) in [6.45, 7) is 13.9. The highest BCUT2D eigenvalue weighted by atomic mass is 14.9. The van der Waals surface area contributed by atoms with Gasteiger partial charge in [-0.15, -0.1) is 0 Å². The Balaban J connectivity index is 2.48. The van der Waals surface area contributed by atoms with Crippen LogP contribution in [0.3, 0.4) is 0 Å². The lowest BCUT2D eigenvalue weighted by Gasteiger charge is -2.28. The molecule has 1 aromatic carbocycles. The largest absolute Gasteiger partial charge is 0.310 e. The maximum Gasteiger partial charge on any atom is 0.0208 e. The van der Waals surface area contributed by atoms with Gasteiger partial charge >= 0.3 is 0 Å². The molecule has 0 bridgehead atoms. The van der Waals surface area contributed by atoms with Crippen LogP contribution in [0.5, 0.6) is 0 Å². The Bertz CT molecular complexity index is 332. The number of rotatable bonds is 4. The SMILES string of the molecule is C=C(CNC(C)C(C)(C)C)c1ccccc1. The summed E-state index contributed by atoms with van der Waals surface area (Å²) < 4.78 is 0. The summed E-state index contributed by atoms with van der Waals surface area (Å²) in [4.78, 5) is 0. The van der Waals surface area contributed by atoms with Crippen molar-refractivity contribution < 1.29 is 0 Å². The van der Waals surface area contributed by atoms with E-state index in [1.54, 1.807) is 0 Å². The monoisotopic (exact) mass is 217 g/mol. The molecule has 1 N–H and O–H groups in total. The number of hydrogen-bond acceptors (Lipinski definition) is 1. The van der Waals surface area contributed by atoms with Crippen LogP contribution in [0.15, 0.2) is 36.9 Å². The highest BCUT2D eigenvalue weighted by Crippen LogP contribution is 2.19. The molecule has 88 valence electrons. The molecule has 0 aliphatic carbocycles. The van der Waals surface area contributed by atoms with Crippen LogP contribution < -0.4 is 5.32 Å². The highest BCUT2D eigenvalue weighted by molar-refractivity contribution is 5.64. The van der Waals surface area contributed by atoms with Crippen molar-refractivity contribution >= 4 is 5.57 Å². The molecule has 0 aliphatic rings. The fourth-order valence-electron chi connectivity index (χ4n) is 1.36. The van der Waals surface area contributed by atoms with Gasteiger partial charge in [0.2, 0.25) is 0 Å². The molecule has 1 unspecified atom stereocenters. The van der Waals surface area contributed by atoms with E-state index in [9.17, 15) is 0 Å². The maximum absolute atomic E-state index is 4.12. The van der Waals surface area contributed by atoms with E-state index in [1.807, 2.05) is 18.2 Å². The Kier molecular flexibility index (Phi) is 4.31. The molecule has 0 saturated heterocycles. The van der Waals surface area contributed by atoms with Crippen molar-refractivity contribution in [2.75, 3.05) is 6.54 Å². The van der Waals surface area contributed by atoms with Gasteiger partial charge in [-0.3, -0.25) is 0 Å². The second-order valence-corrected chi connectivity index (χ2v) is 5.44. The number of nitrogens with one attached hydrogen (secondary N) is 1. The van der Waals surface area contributed by atoms with Crippen LogP contribution in [0, 0.1) is 5.41 Å². The fraction of sp³-hybridized carbons (Fsp3) is 0.467. The molecule has 0 spiro atoms. The first-order valence-corrected chi connectivity index (χ1v) is 5.88. The predicted molar refractivity (Wildman–Crippen MR) is 72.4 cm³/mol. The van der Waals surface area contributed by atoms with Gasteiger partial charge in [-0.2, -0.15) is 0 Å². The lowest BCUT2D eigenvalue weighted by Crippen LogP contribution is -2.38. The molecule has 0 amide bonds. The summed E-state index contributed by atoms with van der Waals surface area (Å²) in [5.41, 5.74) is 2.66. The van der Waals surface area contributed by atoms with Crippen LogP contribution in [0.25, 0.3) is 5.57 Å². The lowest BCUT2D eigenvalue weighted by molar-refractivity contribution is 0.295. The fourth-order valence-corrected chi connectivity index (χ4v) is 1.36. The van der Waals surface area contributed by atoms with Gasteiger partial charge in [0.05, 0.1) is 0 Å². The lowest BCUT2D eigenvalue weighted by atomic mass is 9.88. The zero-order chi connectivity index (χ0) is 12.2. The Hall–Kier alpha value is -1.08. The summed E-state index contributed by atoms with van der Waals surface area (Å²) in [5.74, 6) is 0. The second-order valence-electron chi connectivity index (χ2n) is 5.44. The van der Waals surface area contributed by atoms with E-state index in [1.165, 1.54) is 5.56 Å². The quantitative estimate of drug-likeness (QED) is 0.810. The molecule has 1 heteroatoms. The van der Waals surface area contributed by atoms with Gasteiger partial charge in [0.1, 0.15) is 0 Å². The first kappa shape index (κ1) is 13.0. The molecule has 0 radical (unpaired) electrons. The average Bonchev–Trinajstić information content (AvgIpc) is 2.25. The molecular formula is C15H23N. The first-order chi connectivity index (χ1) is 7.41. The minimum Gasteiger partial charge on any atom is -0.310 e. The number of hydrogen-bond donors (Lipinski definition) is 1. The van der Waals surface area contributed by atoms with Crippen molar-refractivity contribution in [3.8, 4) is 0 Å². The van der Waals surface area contributed by atoms with Crippen LogP contribution in [-0.2, 0) is 0 Å². The molecule has 0 aliphatic heterocycles. The zero-order valence-electron chi connectivity index (χ0n) is 10.9. The summed E-state index contributed by atoms with van der Waals surface area (Å²) in [6, 6.07) is 10.8.